The van der Waals surface area contributed by atoms with E-state index in [1.54, 1.807) is 11.2 Å². The fourth-order valence-electron chi connectivity index (χ4n) is 3.73. The quantitative estimate of drug-likeness (QED) is 0.755. The van der Waals surface area contributed by atoms with Crippen LogP contribution in [0.1, 0.15) is 56.6 Å². The SMILES string of the molecule is O=CN(CC(O)CC1CCCCC1)C1CC1c1cnc[nH]1. The summed E-state index contributed by atoms with van der Waals surface area (Å²) in [6, 6.07) is 0.226. The number of hydrogen-bond acceptors (Lipinski definition) is 3. The van der Waals surface area contributed by atoms with Crippen molar-refractivity contribution in [3.8, 4) is 0 Å². The highest BCUT2D eigenvalue weighted by atomic mass is 16.3. The van der Waals surface area contributed by atoms with E-state index in [4.69, 9.17) is 0 Å². The van der Waals surface area contributed by atoms with Crippen LogP contribution in [0.5, 0.6) is 0 Å². The third-order valence-corrected chi connectivity index (χ3v) is 4.99. The van der Waals surface area contributed by atoms with Crippen LogP contribution < -0.4 is 0 Å². The van der Waals surface area contributed by atoms with E-state index in [0.717, 1.165) is 24.9 Å². The maximum Gasteiger partial charge on any atom is 0.210 e. The third-order valence-electron chi connectivity index (χ3n) is 4.99. The van der Waals surface area contributed by atoms with Crippen molar-refractivity contribution in [1.29, 1.82) is 0 Å². The number of aromatic amines is 1. The van der Waals surface area contributed by atoms with Gasteiger partial charge in [0.25, 0.3) is 0 Å². The maximum atomic E-state index is 11.3. The van der Waals surface area contributed by atoms with Gasteiger partial charge in [-0.2, -0.15) is 0 Å². The number of aliphatic hydroxyl groups excluding tert-OH is 1. The lowest BCUT2D eigenvalue weighted by molar-refractivity contribution is -0.120. The molecule has 0 saturated heterocycles. The normalized spacial score (nSPS) is 27.3. The third kappa shape index (κ3) is 3.64. The highest BCUT2D eigenvalue weighted by molar-refractivity contribution is 5.50. The maximum absolute atomic E-state index is 11.3. The molecule has 3 unspecified atom stereocenters. The molecule has 0 aromatic carbocycles. The highest BCUT2D eigenvalue weighted by Crippen LogP contribution is 2.43. The number of amides is 1. The first-order valence-electron chi connectivity index (χ1n) is 8.15. The van der Waals surface area contributed by atoms with Crippen molar-refractivity contribution >= 4 is 6.41 Å². The van der Waals surface area contributed by atoms with Crippen LogP contribution >= 0.6 is 0 Å². The van der Waals surface area contributed by atoms with E-state index >= 15 is 0 Å². The van der Waals surface area contributed by atoms with Gasteiger partial charge in [-0.3, -0.25) is 4.79 Å². The van der Waals surface area contributed by atoms with Gasteiger partial charge in [0.1, 0.15) is 0 Å². The molecule has 1 amide bonds. The summed E-state index contributed by atoms with van der Waals surface area (Å²) in [4.78, 5) is 20.2. The van der Waals surface area contributed by atoms with E-state index in [2.05, 4.69) is 9.97 Å². The Bertz CT molecular complexity index is 442. The Balaban J connectivity index is 1.47. The fraction of sp³-hybridized carbons (Fsp3) is 0.750. The number of carbonyl (C=O) groups excluding carboxylic acids is 1. The molecular weight excluding hydrogens is 266 g/mol. The second-order valence-electron chi connectivity index (χ2n) is 6.61. The summed E-state index contributed by atoms with van der Waals surface area (Å²) in [7, 11) is 0. The summed E-state index contributed by atoms with van der Waals surface area (Å²) in [6.07, 6.45) is 12.2. The molecule has 0 bridgehead atoms. The molecule has 5 nitrogen and oxygen atoms in total. The van der Waals surface area contributed by atoms with E-state index in [0.29, 0.717) is 18.4 Å². The van der Waals surface area contributed by atoms with Gasteiger partial charge in [-0.25, -0.2) is 4.98 Å². The Morgan fingerprint density at radius 2 is 2.24 bits per heavy atom. The van der Waals surface area contributed by atoms with Gasteiger partial charge in [-0.1, -0.05) is 32.1 Å². The molecule has 0 spiro atoms. The minimum atomic E-state index is -0.388. The molecule has 0 radical (unpaired) electrons. The smallest absolute Gasteiger partial charge is 0.210 e. The minimum Gasteiger partial charge on any atom is -0.391 e. The summed E-state index contributed by atoms with van der Waals surface area (Å²) in [5, 5.41) is 10.3. The fourth-order valence-corrected chi connectivity index (χ4v) is 3.73. The van der Waals surface area contributed by atoms with Crippen molar-refractivity contribution in [2.24, 2.45) is 5.92 Å². The van der Waals surface area contributed by atoms with Crippen molar-refractivity contribution in [2.75, 3.05) is 6.54 Å². The number of nitrogens with zero attached hydrogens (tertiary/aromatic N) is 2. The Hall–Kier alpha value is -1.36. The number of aromatic nitrogens is 2. The standard InChI is InChI=1S/C16H25N3O2/c20-11-19(16-7-14(16)15-8-17-10-18-15)9-13(21)6-12-4-2-1-3-5-12/h8,10-14,16,21H,1-7,9H2,(H,17,18). The van der Waals surface area contributed by atoms with E-state index in [-0.39, 0.29) is 12.1 Å². The van der Waals surface area contributed by atoms with Crippen molar-refractivity contribution in [2.45, 2.75) is 63.0 Å². The molecule has 116 valence electrons. The van der Waals surface area contributed by atoms with Crippen molar-refractivity contribution < 1.29 is 9.90 Å². The van der Waals surface area contributed by atoms with E-state index in [1.165, 1.54) is 32.1 Å². The summed E-state index contributed by atoms with van der Waals surface area (Å²) in [6.45, 7) is 0.468. The lowest BCUT2D eigenvalue weighted by atomic mass is 9.85. The van der Waals surface area contributed by atoms with E-state index < -0.39 is 0 Å². The lowest BCUT2D eigenvalue weighted by Crippen LogP contribution is -2.35. The first-order valence-corrected chi connectivity index (χ1v) is 8.15. The molecule has 0 aliphatic heterocycles. The lowest BCUT2D eigenvalue weighted by Gasteiger charge is -2.27. The molecule has 2 fully saturated rings. The molecule has 3 rings (SSSR count). The van der Waals surface area contributed by atoms with Gasteiger partial charge in [0.15, 0.2) is 0 Å². The minimum absolute atomic E-state index is 0.226. The summed E-state index contributed by atoms with van der Waals surface area (Å²) in [5.41, 5.74) is 1.09. The van der Waals surface area contributed by atoms with Crippen LogP contribution in [-0.4, -0.2) is 45.1 Å². The van der Waals surface area contributed by atoms with Gasteiger partial charge < -0.3 is 15.0 Å². The first kappa shape index (κ1) is 14.6. The average Bonchev–Trinajstić information content (AvgIpc) is 3.10. The van der Waals surface area contributed by atoms with Crippen LogP contribution in [0.3, 0.4) is 0 Å². The topological polar surface area (TPSA) is 69.2 Å². The molecule has 2 N–H and O–H groups in total. The zero-order chi connectivity index (χ0) is 14.7. The summed E-state index contributed by atoms with van der Waals surface area (Å²) >= 11 is 0. The number of carbonyl (C=O) groups is 1. The van der Waals surface area contributed by atoms with Crippen molar-refractivity contribution in [3.63, 3.8) is 0 Å². The van der Waals surface area contributed by atoms with Gasteiger partial charge >= 0.3 is 0 Å². The molecule has 21 heavy (non-hydrogen) atoms. The Labute approximate surface area is 125 Å². The largest absolute Gasteiger partial charge is 0.391 e. The second kappa shape index (κ2) is 6.60. The van der Waals surface area contributed by atoms with Gasteiger partial charge in [-0.05, 0) is 18.8 Å². The van der Waals surface area contributed by atoms with Crippen molar-refractivity contribution in [1.82, 2.24) is 14.9 Å². The highest BCUT2D eigenvalue weighted by Gasteiger charge is 2.43. The number of rotatable bonds is 7. The van der Waals surface area contributed by atoms with Gasteiger partial charge in [0.05, 0.1) is 12.4 Å². The number of H-pyrrole nitrogens is 1. The molecule has 2 saturated carbocycles. The van der Waals surface area contributed by atoms with E-state index in [1.807, 2.05) is 6.20 Å². The number of aliphatic hydroxyl groups is 1. The van der Waals surface area contributed by atoms with Gasteiger partial charge in [0.2, 0.25) is 6.41 Å². The summed E-state index contributed by atoms with van der Waals surface area (Å²) < 4.78 is 0. The molecule has 3 atom stereocenters. The van der Waals surface area contributed by atoms with Crippen LogP contribution in [0.15, 0.2) is 12.5 Å². The Morgan fingerprint density at radius 3 is 2.90 bits per heavy atom. The molecular formula is C16H25N3O2. The Kier molecular flexibility index (Phi) is 4.58. The second-order valence-corrected chi connectivity index (χ2v) is 6.61. The van der Waals surface area contributed by atoms with Crippen LogP contribution in [0, 0.1) is 5.92 Å². The van der Waals surface area contributed by atoms with Crippen LogP contribution in [0.2, 0.25) is 0 Å². The predicted molar refractivity (Wildman–Crippen MR) is 79.7 cm³/mol. The molecule has 5 heteroatoms. The average molecular weight is 291 g/mol. The molecule has 1 aromatic heterocycles. The zero-order valence-electron chi connectivity index (χ0n) is 12.4. The predicted octanol–water partition coefficient (Wildman–Crippen LogP) is 2.06. The van der Waals surface area contributed by atoms with Gasteiger partial charge in [-0.15, -0.1) is 0 Å². The monoisotopic (exact) mass is 291 g/mol. The number of imidazole rings is 1. The number of hydrogen-bond donors (Lipinski definition) is 2. The van der Waals surface area contributed by atoms with Crippen LogP contribution in [-0.2, 0) is 4.79 Å². The van der Waals surface area contributed by atoms with Gasteiger partial charge in [0, 0.05) is 30.4 Å². The summed E-state index contributed by atoms with van der Waals surface area (Å²) in [5.74, 6) is 1.00. The molecule has 2 aliphatic rings. The molecule has 2 aliphatic carbocycles. The zero-order valence-corrected chi connectivity index (χ0v) is 12.4. The van der Waals surface area contributed by atoms with E-state index in [9.17, 15) is 9.90 Å². The van der Waals surface area contributed by atoms with Crippen LogP contribution in [0.4, 0.5) is 0 Å². The first-order chi connectivity index (χ1) is 10.3. The molecule has 1 heterocycles. The van der Waals surface area contributed by atoms with Crippen LogP contribution in [0.25, 0.3) is 0 Å². The van der Waals surface area contributed by atoms with Crippen molar-refractivity contribution in [3.05, 3.63) is 18.2 Å². The number of nitrogens with one attached hydrogen (secondary N) is 1. The Morgan fingerprint density at radius 1 is 1.43 bits per heavy atom. The molecule has 1 aromatic rings.